The van der Waals surface area contributed by atoms with Gasteiger partial charge in [-0.05, 0) is 53.7 Å². The second kappa shape index (κ2) is 4.34. The molecule has 86 valence electrons. The number of hydrogen-bond acceptors (Lipinski definition) is 3. The van der Waals surface area contributed by atoms with Gasteiger partial charge in [0.05, 0.1) is 0 Å². The zero-order valence-electron chi connectivity index (χ0n) is 9.12. The predicted octanol–water partition coefficient (Wildman–Crippen LogP) is 2.54. The summed E-state index contributed by atoms with van der Waals surface area (Å²) in [5.74, 6) is 0.995. The van der Waals surface area contributed by atoms with E-state index in [4.69, 9.17) is 0 Å². The largest absolute Gasteiger partial charge is 0.367 e. The lowest BCUT2D eigenvalue weighted by Crippen LogP contribution is -2.43. The molecule has 3 heterocycles. The summed E-state index contributed by atoms with van der Waals surface area (Å²) < 4.78 is 1.03. The van der Waals surface area contributed by atoms with Crippen LogP contribution in [0.4, 0.5) is 5.82 Å². The minimum Gasteiger partial charge on any atom is -0.367 e. The quantitative estimate of drug-likeness (QED) is 0.875. The number of anilines is 1. The van der Waals surface area contributed by atoms with E-state index < -0.39 is 0 Å². The number of rotatable bonds is 2. The summed E-state index contributed by atoms with van der Waals surface area (Å²) in [6.07, 6.45) is 6.99. The number of nitrogens with one attached hydrogen (secondary N) is 2. The van der Waals surface area contributed by atoms with E-state index in [1.54, 1.807) is 0 Å². The predicted molar refractivity (Wildman–Crippen MR) is 68.5 cm³/mol. The van der Waals surface area contributed by atoms with Gasteiger partial charge in [0.25, 0.3) is 0 Å². The van der Waals surface area contributed by atoms with Crippen molar-refractivity contribution in [1.82, 2.24) is 10.3 Å². The van der Waals surface area contributed by atoms with E-state index in [0.717, 1.165) is 22.4 Å². The van der Waals surface area contributed by atoms with Gasteiger partial charge < -0.3 is 10.6 Å². The molecule has 1 aromatic rings. The Morgan fingerprint density at radius 3 is 2.62 bits per heavy atom. The zero-order valence-corrected chi connectivity index (χ0v) is 10.7. The van der Waals surface area contributed by atoms with Crippen LogP contribution in [-0.2, 0) is 0 Å². The van der Waals surface area contributed by atoms with Crippen molar-refractivity contribution in [2.45, 2.75) is 43.8 Å². The molecule has 2 aliphatic heterocycles. The molecule has 3 rings (SSSR count). The summed E-state index contributed by atoms with van der Waals surface area (Å²) in [6.45, 7) is 0. The summed E-state index contributed by atoms with van der Waals surface area (Å²) in [4.78, 5) is 4.36. The SMILES string of the molecule is Brc1ccc(NC2CC3CCC(C2)N3)nc1. The van der Waals surface area contributed by atoms with E-state index in [2.05, 4.69) is 31.5 Å². The fourth-order valence-electron chi connectivity index (χ4n) is 2.85. The molecule has 1 aromatic heterocycles. The Bertz CT molecular complexity index is 353. The lowest BCUT2D eigenvalue weighted by Gasteiger charge is -2.30. The molecule has 4 heteroatoms. The number of pyridine rings is 1. The number of piperidine rings is 1. The summed E-state index contributed by atoms with van der Waals surface area (Å²) in [5, 5.41) is 7.18. The van der Waals surface area contributed by atoms with Crippen molar-refractivity contribution in [3.05, 3.63) is 22.8 Å². The maximum absolute atomic E-state index is 4.36. The monoisotopic (exact) mass is 281 g/mol. The van der Waals surface area contributed by atoms with Gasteiger partial charge in [-0.15, -0.1) is 0 Å². The highest BCUT2D eigenvalue weighted by atomic mass is 79.9. The Labute approximate surface area is 104 Å². The summed E-state index contributed by atoms with van der Waals surface area (Å²) in [6, 6.07) is 6.12. The van der Waals surface area contributed by atoms with Crippen molar-refractivity contribution < 1.29 is 0 Å². The third-order valence-electron chi connectivity index (χ3n) is 3.55. The Hall–Kier alpha value is -0.610. The number of aromatic nitrogens is 1. The number of fused-ring (bicyclic) bond motifs is 2. The molecule has 2 aliphatic rings. The van der Waals surface area contributed by atoms with Crippen molar-refractivity contribution in [3.63, 3.8) is 0 Å². The van der Waals surface area contributed by atoms with E-state index in [1.807, 2.05) is 18.3 Å². The van der Waals surface area contributed by atoms with Gasteiger partial charge in [-0.2, -0.15) is 0 Å². The Balaban J connectivity index is 1.64. The molecule has 0 saturated carbocycles. The van der Waals surface area contributed by atoms with Crippen molar-refractivity contribution in [1.29, 1.82) is 0 Å². The van der Waals surface area contributed by atoms with Crippen LogP contribution in [0.5, 0.6) is 0 Å². The van der Waals surface area contributed by atoms with Crippen LogP contribution >= 0.6 is 15.9 Å². The molecule has 0 radical (unpaired) electrons. The molecule has 2 N–H and O–H groups in total. The first kappa shape index (κ1) is 10.5. The molecule has 2 bridgehead atoms. The van der Waals surface area contributed by atoms with Gasteiger partial charge in [-0.1, -0.05) is 0 Å². The summed E-state index contributed by atoms with van der Waals surface area (Å²) >= 11 is 3.40. The highest BCUT2D eigenvalue weighted by Crippen LogP contribution is 2.28. The van der Waals surface area contributed by atoms with E-state index in [-0.39, 0.29) is 0 Å². The maximum Gasteiger partial charge on any atom is 0.126 e. The fourth-order valence-corrected chi connectivity index (χ4v) is 3.08. The first-order valence-corrected chi connectivity index (χ1v) is 6.73. The van der Waals surface area contributed by atoms with Gasteiger partial charge in [-0.3, -0.25) is 0 Å². The van der Waals surface area contributed by atoms with E-state index in [1.165, 1.54) is 25.7 Å². The lowest BCUT2D eigenvalue weighted by atomic mass is 10.00. The van der Waals surface area contributed by atoms with Crippen LogP contribution in [0.15, 0.2) is 22.8 Å². The zero-order chi connectivity index (χ0) is 11.0. The molecule has 3 nitrogen and oxygen atoms in total. The molecule has 0 amide bonds. The van der Waals surface area contributed by atoms with Gasteiger partial charge in [0.1, 0.15) is 5.82 Å². The Morgan fingerprint density at radius 1 is 1.25 bits per heavy atom. The van der Waals surface area contributed by atoms with Crippen LogP contribution < -0.4 is 10.6 Å². The molecule has 0 aromatic carbocycles. The van der Waals surface area contributed by atoms with Gasteiger partial charge in [-0.25, -0.2) is 4.98 Å². The van der Waals surface area contributed by atoms with Crippen molar-refractivity contribution in [3.8, 4) is 0 Å². The smallest absolute Gasteiger partial charge is 0.126 e. The third kappa shape index (κ3) is 2.23. The number of halogens is 1. The molecule has 0 aliphatic carbocycles. The van der Waals surface area contributed by atoms with Gasteiger partial charge in [0.2, 0.25) is 0 Å². The van der Waals surface area contributed by atoms with Crippen molar-refractivity contribution in [2.75, 3.05) is 5.32 Å². The first-order chi connectivity index (χ1) is 7.79. The standard InChI is InChI=1S/C12H16BrN3/c13-8-1-4-12(14-7-8)16-11-5-9-2-3-10(6-11)15-9/h1,4,7,9-11,15H,2-3,5-6H2,(H,14,16). The lowest BCUT2D eigenvalue weighted by molar-refractivity contribution is 0.377. The minimum absolute atomic E-state index is 0.590. The molecule has 2 atom stereocenters. The average Bonchev–Trinajstić information content (AvgIpc) is 2.62. The van der Waals surface area contributed by atoms with Crippen molar-refractivity contribution in [2.24, 2.45) is 0 Å². The maximum atomic E-state index is 4.36. The molecule has 2 fully saturated rings. The number of nitrogens with zero attached hydrogens (tertiary/aromatic N) is 1. The average molecular weight is 282 g/mol. The highest BCUT2D eigenvalue weighted by molar-refractivity contribution is 9.10. The van der Waals surface area contributed by atoms with Crippen LogP contribution in [0, 0.1) is 0 Å². The summed E-state index contributed by atoms with van der Waals surface area (Å²) in [5.41, 5.74) is 0. The van der Waals surface area contributed by atoms with Crippen LogP contribution in [0.3, 0.4) is 0 Å². The van der Waals surface area contributed by atoms with Crippen LogP contribution in [0.1, 0.15) is 25.7 Å². The third-order valence-corrected chi connectivity index (χ3v) is 4.02. The first-order valence-electron chi connectivity index (χ1n) is 5.94. The molecular formula is C12H16BrN3. The molecule has 0 spiro atoms. The normalized spacial score (nSPS) is 32.7. The topological polar surface area (TPSA) is 37.0 Å². The van der Waals surface area contributed by atoms with Crippen LogP contribution in [0.25, 0.3) is 0 Å². The van der Waals surface area contributed by atoms with Crippen molar-refractivity contribution >= 4 is 21.7 Å². The summed E-state index contributed by atoms with van der Waals surface area (Å²) in [7, 11) is 0. The van der Waals surface area contributed by atoms with E-state index >= 15 is 0 Å². The van der Waals surface area contributed by atoms with Gasteiger partial charge in [0, 0.05) is 28.8 Å². The molecule has 2 unspecified atom stereocenters. The molecular weight excluding hydrogens is 266 g/mol. The van der Waals surface area contributed by atoms with Crippen LogP contribution in [-0.4, -0.2) is 23.1 Å². The van der Waals surface area contributed by atoms with E-state index in [0.29, 0.717) is 6.04 Å². The second-order valence-corrected chi connectivity index (χ2v) is 5.73. The fraction of sp³-hybridized carbons (Fsp3) is 0.583. The minimum atomic E-state index is 0.590. The molecule has 16 heavy (non-hydrogen) atoms. The Morgan fingerprint density at radius 2 is 2.00 bits per heavy atom. The van der Waals surface area contributed by atoms with Gasteiger partial charge >= 0.3 is 0 Å². The van der Waals surface area contributed by atoms with Crippen LogP contribution in [0.2, 0.25) is 0 Å². The van der Waals surface area contributed by atoms with E-state index in [9.17, 15) is 0 Å². The highest BCUT2D eigenvalue weighted by Gasteiger charge is 2.33. The number of hydrogen-bond donors (Lipinski definition) is 2. The second-order valence-electron chi connectivity index (χ2n) is 4.81. The molecule has 2 saturated heterocycles. The Kier molecular flexibility index (Phi) is 2.86. The van der Waals surface area contributed by atoms with Gasteiger partial charge in [0.15, 0.2) is 0 Å².